The van der Waals surface area contributed by atoms with Gasteiger partial charge in [-0.3, -0.25) is 4.79 Å². The summed E-state index contributed by atoms with van der Waals surface area (Å²) in [5.41, 5.74) is 0.769. The van der Waals surface area contributed by atoms with Gasteiger partial charge in [0.05, 0.1) is 5.56 Å². The standard InChI is InChI=1S/C11H14N2O3S/c1-11(2,3)12-7-4-5-9-8(6-7)10(14)13-17(9,15)16/h4-6,12H,1-3H3,(H,13,14). The lowest BCUT2D eigenvalue weighted by molar-refractivity contribution is 0.0985. The zero-order chi connectivity index (χ0) is 12.8. The number of anilines is 1. The lowest BCUT2D eigenvalue weighted by Crippen LogP contribution is -2.26. The molecular formula is C11H14N2O3S. The monoisotopic (exact) mass is 254 g/mol. The summed E-state index contributed by atoms with van der Waals surface area (Å²) in [4.78, 5) is 11.5. The normalized spacial score (nSPS) is 17.5. The Morgan fingerprint density at radius 1 is 1.24 bits per heavy atom. The van der Waals surface area contributed by atoms with Crippen LogP contribution in [0.25, 0.3) is 0 Å². The third-order valence-corrected chi connectivity index (χ3v) is 3.65. The van der Waals surface area contributed by atoms with Crippen LogP contribution < -0.4 is 10.0 Å². The number of benzene rings is 1. The molecule has 1 aliphatic heterocycles. The molecule has 2 rings (SSSR count). The van der Waals surface area contributed by atoms with Crippen LogP contribution in [-0.2, 0) is 10.0 Å². The number of hydrogen-bond donors (Lipinski definition) is 2. The minimum atomic E-state index is -3.64. The van der Waals surface area contributed by atoms with Crippen molar-refractivity contribution >= 4 is 21.6 Å². The topological polar surface area (TPSA) is 75.3 Å². The maximum atomic E-state index is 11.5. The second-order valence-corrected chi connectivity index (χ2v) is 6.67. The molecule has 0 fully saturated rings. The first-order valence-corrected chi connectivity index (χ1v) is 6.67. The van der Waals surface area contributed by atoms with Crippen molar-refractivity contribution in [2.45, 2.75) is 31.2 Å². The van der Waals surface area contributed by atoms with Gasteiger partial charge in [-0.2, -0.15) is 0 Å². The molecule has 0 spiro atoms. The highest BCUT2D eigenvalue weighted by Crippen LogP contribution is 2.26. The van der Waals surface area contributed by atoms with E-state index in [-0.39, 0.29) is 16.0 Å². The first-order valence-electron chi connectivity index (χ1n) is 5.18. The van der Waals surface area contributed by atoms with E-state index in [1.54, 1.807) is 12.1 Å². The Hall–Kier alpha value is -1.56. The fraction of sp³-hybridized carbons (Fsp3) is 0.364. The molecule has 1 aromatic rings. The van der Waals surface area contributed by atoms with E-state index in [1.807, 2.05) is 25.5 Å². The number of carbonyl (C=O) groups is 1. The summed E-state index contributed by atoms with van der Waals surface area (Å²) in [6.45, 7) is 5.95. The molecule has 92 valence electrons. The number of hydrogen-bond acceptors (Lipinski definition) is 4. The van der Waals surface area contributed by atoms with Crippen LogP contribution in [-0.4, -0.2) is 19.9 Å². The van der Waals surface area contributed by atoms with Crippen LogP contribution in [0.15, 0.2) is 23.1 Å². The van der Waals surface area contributed by atoms with Crippen LogP contribution in [0, 0.1) is 0 Å². The third-order valence-electron chi connectivity index (χ3n) is 2.26. The Bertz CT molecular complexity index is 585. The molecule has 0 atom stereocenters. The molecule has 0 saturated heterocycles. The summed E-state index contributed by atoms with van der Waals surface area (Å²) in [6.07, 6.45) is 0. The predicted molar refractivity (Wildman–Crippen MR) is 64.5 cm³/mol. The lowest BCUT2D eigenvalue weighted by Gasteiger charge is -2.22. The van der Waals surface area contributed by atoms with Crippen LogP contribution in [0.3, 0.4) is 0 Å². The summed E-state index contributed by atoms with van der Waals surface area (Å²) < 4.78 is 25.0. The molecule has 0 saturated carbocycles. The molecule has 2 N–H and O–H groups in total. The molecule has 0 aromatic heterocycles. The fourth-order valence-electron chi connectivity index (χ4n) is 1.68. The van der Waals surface area contributed by atoms with Gasteiger partial charge in [0, 0.05) is 11.2 Å². The molecule has 0 aliphatic carbocycles. The molecule has 5 nitrogen and oxygen atoms in total. The molecule has 1 amide bonds. The van der Waals surface area contributed by atoms with E-state index in [0.717, 1.165) is 5.69 Å². The Labute approximate surface area is 100 Å². The van der Waals surface area contributed by atoms with Gasteiger partial charge in [-0.05, 0) is 39.0 Å². The third kappa shape index (κ3) is 2.26. The van der Waals surface area contributed by atoms with Crippen molar-refractivity contribution in [1.82, 2.24) is 4.72 Å². The van der Waals surface area contributed by atoms with Crippen LogP contribution in [0.2, 0.25) is 0 Å². The smallest absolute Gasteiger partial charge is 0.266 e. The number of sulfonamides is 1. The maximum Gasteiger partial charge on any atom is 0.266 e. The minimum absolute atomic E-state index is 0.0435. The van der Waals surface area contributed by atoms with Crippen molar-refractivity contribution in [2.75, 3.05) is 5.32 Å². The van der Waals surface area contributed by atoms with E-state index < -0.39 is 15.9 Å². The highest BCUT2D eigenvalue weighted by Gasteiger charge is 2.32. The van der Waals surface area contributed by atoms with E-state index in [0.29, 0.717) is 0 Å². The second-order valence-electron chi connectivity index (χ2n) is 5.02. The summed E-state index contributed by atoms with van der Waals surface area (Å²) in [5, 5.41) is 3.18. The van der Waals surface area contributed by atoms with Gasteiger partial charge < -0.3 is 5.32 Å². The molecule has 1 aromatic carbocycles. The van der Waals surface area contributed by atoms with Gasteiger partial charge in [0.25, 0.3) is 15.9 Å². The first-order chi connectivity index (χ1) is 7.69. The summed E-state index contributed by atoms with van der Waals surface area (Å²) in [5.74, 6) is -0.572. The first kappa shape index (κ1) is 11.9. The van der Waals surface area contributed by atoms with Crippen LogP contribution in [0.5, 0.6) is 0 Å². The fourth-order valence-corrected chi connectivity index (χ4v) is 2.84. The van der Waals surface area contributed by atoms with E-state index >= 15 is 0 Å². The van der Waals surface area contributed by atoms with Gasteiger partial charge in [0.1, 0.15) is 4.90 Å². The van der Waals surface area contributed by atoms with Gasteiger partial charge in [-0.25, -0.2) is 13.1 Å². The van der Waals surface area contributed by atoms with Crippen molar-refractivity contribution in [3.8, 4) is 0 Å². The Morgan fingerprint density at radius 3 is 2.47 bits per heavy atom. The van der Waals surface area contributed by atoms with Crippen molar-refractivity contribution in [3.05, 3.63) is 23.8 Å². The van der Waals surface area contributed by atoms with E-state index in [2.05, 4.69) is 5.32 Å². The van der Waals surface area contributed by atoms with Crippen molar-refractivity contribution < 1.29 is 13.2 Å². The Kier molecular flexibility index (Phi) is 2.43. The molecule has 0 unspecified atom stereocenters. The van der Waals surface area contributed by atoms with Gasteiger partial charge in [0.15, 0.2) is 0 Å². The number of nitrogens with one attached hydrogen (secondary N) is 2. The number of carbonyl (C=O) groups excluding carboxylic acids is 1. The van der Waals surface area contributed by atoms with Gasteiger partial charge in [-0.1, -0.05) is 0 Å². The second kappa shape index (κ2) is 3.46. The quantitative estimate of drug-likeness (QED) is 0.792. The number of amides is 1. The number of fused-ring (bicyclic) bond motifs is 1. The molecule has 0 radical (unpaired) electrons. The zero-order valence-electron chi connectivity index (χ0n) is 9.87. The Balaban J connectivity index is 2.47. The molecule has 17 heavy (non-hydrogen) atoms. The molecule has 1 aliphatic rings. The van der Waals surface area contributed by atoms with Gasteiger partial charge >= 0.3 is 0 Å². The summed E-state index contributed by atoms with van der Waals surface area (Å²) in [7, 11) is -3.64. The van der Waals surface area contributed by atoms with Gasteiger partial charge in [0.2, 0.25) is 0 Å². The number of rotatable bonds is 1. The molecular weight excluding hydrogens is 240 g/mol. The summed E-state index contributed by atoms with van der Waals surface area (Å²) >= 11 is 0. The van der Waals surface area contributed by atoms with Crippen molar-refractivity contribution in [1.29, 1.82) is 0 Å². The van der Waals surface area contributed by atoms with E-state index in [4.69, 9.17) is 0 Å². The average Bonchev–Trinajstić information content (AvgIpc) is 2.34. The molecule has 0 bridgehead atoms. The SMILES string of the molecule is CC(C)(C)Nc1ccc2c(c1)C(=O)NS2(=O)=O. The van der Waals surface area contributed by atoms with Crippen molar-refractivity contribution in [3.63, 3.8) is 0 Å². The highest BCUT2D eigenvalue weighted by atomic mass is 32.2. The Morgan fingerprint density at radius 2 is 1.88 bits per heavy atom. The lowest BCUT2D eigenvalue weighted by atomic mass is 10.1. The van der Waals surface area contributed by atoms with Gasteiger partial charge in [-0.15, -0.1) is 0 Å². The molecule has 1 heterocycles. The maximum absolute atomic E-state index is 11.5. The highest BCUT2D eigenvalue weighted by molar-refractivity contribution is 7.90. The van der Waals surface area contributed by atoms with Crippen LogP contribution >= 0.6 is 0 Å². The van der Waals surface area contributed by atoms with E-state index in [1.165, 1.54) is 6.07 Å². The summed E-state index contributed by atoms with van der Waals surface area (Å²) in [6, 6.07) is 4.65. The largest absolute Gasteiger partial charge is 0.380 e. The zero-order valence-corrected chi connectivity index (χ0v) is 10.7. The predicted octanol–water partition coefficient (Wildman–Crippen LogP) is 1.33. The average molecular weight is 254 g/mol. The van der Waals surface area contributed by atoms with E-state index in [9.17, 15) is 13.2 Å². The van der Waals surface area contributed by atoms with Crippen LogP contribution in [0.4, 0.5) is 5.69 Å². The van der Waals surface area contributed by atoms with Crippen molar-refractivity contribution in [2.24, 2.45) is 0 Å². The van der Waals surface area contributed by atoms with Crippen LogP contribution in [0.1, 0.15) is 31.1 Å². The minimum Gasteiger partial charge on any atom is -0.380 e. The molecule has 6 heteroatoms.